The number of methoxy groups -OCH3 is 2. The van der Waals surface area contributed by atoms with Crippen molar-refractivity contribution in [1.82, 2.24) is 0 Å². The molecule has 13 heteroatoms. The first-order valence-electron chi connectivity index (χ1n) is 18.9. The fraction of sp³-hybridized carbons (Fsp3) is 0.795. The number of hydrogen-bond donors (Lipinski definition) is 1. The van der Waals surface area contributed by atoms with Gasteiger partial charge in [0, 0.05) is 49.5 Å². The van der Waals surface area contributed by atoms with Gasteiger partial charge < -0.3 is 33.5 Å². The van der Waals surface area contributed by atoms with Gasteiger partial charge in [-0.2, -0.15) is 0 Å². The molecule has 13 nitrogen and oxygen atoms in total. The van der Waals surface area contributed by atoms with Crippen molar-refractivity contribution in [2.24, 2.45) is 28.6 Å². The predicted molar refractivity (Wildman–Crippen MR) is 187 cm³/mol. The molecule has 0 aromatic rings. The first kappa shape index (κ1) is 42.9. The van der Waals surface area contributed by atoms with E-state index >= 15 is 0 Å². The number of rotatable bonds is 22. The summed E-state index contributed by atoms with van der Waals surface area (Å²) in [5, 5.41) is 11.4. The summed E-state index contributed by atoms with van der Waals surface area (Å²) < 4.78 is 32.1. The average molecular weight is 737 g/mol. The number of carbonyl (C=O) groups is 6. The van der Waals surface area contributed by atoms with Crippen molar-refractivity contribution in [1.29, 1.82) is 0 Å². The fourth-order valence-electron chi connectivity index (χ4n) is 9.16. The van der Waals surface area contributed by atoms with Crippen molar-refractivity contribution >= 4 is 35.8 Å². The van der Waals surface area contributed by atoms with Gasteiger partial charge >= 0.3 is 35.8 Å². The summed E-state index contributed by atoms with van der Waals surface area (Å²) in [6.45, 7) is 6.48. The maximum atomic E-state index is 12.9. The Morgan fingerprint density at radius 2 is 1.35 bits per heavy atom. The molecule has 0 aromatic heterocycles. The standard InChI is InChI=1S/C39H60O13/c1-25(40)49-21-15-11-10-13-17-32(52-27(3)42)31(51-26(2)41)16-12-8-7-9-14-18-35(44)50-24-38(4)30-23-39(34(43)22-28(30)36(45)47-5)29(37(46)48-6)19-20-33(38)39/h22,29-34,43H,7-21,23-24H2,1-6H3/t29-,30-,31?,32?,33+,34-,38+,39+/m0/s1. The summed E-state index contributed by atoms with van der Waals surface area (Å²) in [7, 11) is 2.64. The van der Waals surface area contributed by atoms with Gasteiger partial charge in [0.05, 0.1) is 39.5 Å². The predicted octanol–water partition coefficient (Wildman–Crippen LogP) is 5.32. The van der Waals surface area contributed by atoms with Crippen LogP contribution in [0.4, 0.5) is 0 Å². The SMILES string of the molecule is COC(=O)C1=C[C@H](O)[C@@]23C[C@@H]1[C@@](C)(COC(=O)CCCCCCCC(OC(C)=O)C(CCCCCCOC(C)=O)OC(C)=O)[C@H]2CC[C@H]3C(=O)OC. The van der Waals surface area contributed by atoms with Crippen LogP contribution in [0.3, 0.4) is 0 Å². The zero-order valence-corrected chi connectivity index (χ0v) is 31.9. The topological polar surface area (TPSA) is 178 Å². The highest BCUT2D eigenvalue weighted by Gasteiger charge is 2.72. The molecule has 0 saturated heterocycles. The number of fused-ring (bicyclic) bond motifs is 1. The number of aliphatic hydroxyl groups excluding tert-OH is 1. The van der Waals surface area contributed by atoms with Gasteiger partial charge in [-0.05, 0) is 69.8 Å². The highest BCUT2D eigenvalue weighted by atomic mass is 16.6. The van der Waals surface area contributed by atoms with Crippen molar-refractivity contribution in [3.8, 4) is 0 Å². The summed E-state index contributed by atoms with van der Waals surface area (Å²) in [4.78, 5) is 73.2. The summed E-state index contributed by atoms with van der Waals surface area (Å²) >= 11 is 0. The third-order valence-electron chi connectivity index (χ3n) is 11.5. The normalized spacial score (nSPS) is 27.0. The molecule has 1 N–H and O–H groups in total. The van der Waals surface area contributed by atoms with Gasteiger partial charge in [0.2, 0.25) is 0 Å². The van der Waals surface area contributed by atoms with Crippen LogP contribution in [0.1, 0.15) is 124 Å². The molecular formula is C39H60O13. The smallest absolute Gasteiger partial charge is 0.333 e. The number of unbranched alkanes of at least 4 members (excludes halogenated alkanes) is 7. The molecule has 0 aliphatic heterocycles. The quantitative estimate of drug-likeness (QED) is 0.0859. The van der Waals surface area contributed by atoms with Gasteiger partial charge in [-0.15, -0.1) is 0 Å². The third-order valence-corrected chi connectivity index (χ3v) is 11.5. The molecule has 294 valence electrons. The van der Waals surface area contributed by atoms with E-state index in [2.05, 4.69) is 0 Å². The Morgan fingerprint density at radius 3 is 1.90 bits per heavy atom. The van der Waals surface area contributed by atoms with Gasteiger partial charge in [0.15, 0.2) is 0 Å². The average Bonchev–Trinajstić information content (AvgIpc) is 3.58. The molecule has 2 saturated carbocycles. The van der Waals surface area contributed by atoms with Crippen LogP contribution in [-0.2, 0) is 57.2 Å². The minimum atomic E-state index is -1.03. The van der Waals surface area contributed by atoms with Gasteiger partial charge in [0.25, 0.3) is 0 Å². The molecule has 2 unspecified atom stereocenters. The largest absolute Gasteiger partial charge is 0.469 e. The Balaban J connectivity index is 1.46. The van der Waals surface area contributed by atoms with Crippen molar-refractivity contribution in [3.63, 3.8) is 0 Å². The molecule has 0 heterocycles. The third kappa shape index (κ3) is 10.8. The molecule has 3 aliphatic carbocycles. The van der Waals surface area contributed by atoms with E-state index in [9.17, 15) is 33.9 Å². The van der Waals surface area contributed by atoms with E-state index in [-0.39, 0.29) is 42.8 Å². The second-order valence-corrected chi connectivity index (χ2v) is 14.9. The highest BCUT2D eigenvalue weighted by molar-refractivity contribution is 5.90. The zero-order chi connectivity index (χ0) is 38.5. The maximum Gasteiger partial charge on any atom is 0.333 e. The Kier molecular flexibility index (Phi) is 16.6. The van der Waals surface area contributed by atoms with Gasteiger partial charge in [-0.3, -0.25) is 24.0 Å². The minimum absolute atomic E-state index is 0.0627. The highest BCUT2D eigenvalue weighted by Crippen LogP contribution is 2.71. The molecule has 2 bridgehead atoms. The van der Waals surface area contributed by atoms with E-state index < -0.39 is 53.0 Å². The van der Waals surface area contributed by atoms with Crippen LogP contribution in [0.2, 0.25) is 0 Å². The lowest BCUT2D eigenvalue weighted by Crippen LogP contribution is -2.46. The molecule has 2 fully saturated rings. The second kappa shape index (κ2) is 20.1. The molecule has 3 aliphatic rings. The number of esters is 6. The number of hydrogen-bond acceptors (Lipinski definition) is 13. The lowest BCUT2D eigenvalue weighted by atomic mass is 9.65. The number of carbonyl (C=O) groups excluding carboxylic acids is 6. The van der Waals surface area contributed by atoms with Gasteiger partial charge in [-0.1, -0.05) is 39.0 Å². The molecule has 3 rings (SSSR count). The number of ether oxygens (including phenoxy) is 6. The van der Waals surface area contributed by atoms with Crippen LogP contribution in [-0.4, -0.2) is 86.7 Å². The summed E-state index contributed by atoms with van der Waals surface area (Å²) in [6.07, 6.45) is 9.46. The van der Waals surface area contributed by atoms with E-state index in [1.165, 1.54) is 41.1 Å². The lowest BCUT2D eigenvalue weighted by molar-refractivity contribution is -0.166. The summed E-state index contributed by atoms with van der Waals surface area (Å²) in [5.41, 5.74) is -1.11. The van der Waals surface area contributed by atoms with Crippen LogP contribution in [0, 0.1) is 28.6 Å². The molecule has 1 spiro atoms. The monoisotopic (exact) mass is 736 g/mol. The molecular weight excluding hydrogens is 676 g/mol. The first-order chi connectivity index (χ1) is 24.7. The van der Waals surface area contributed by atoms with E-state index in [4.69, 9.17) is 28.4 Å². The van der Waals surface area contributed by atoms with Crippen LogP contribution in [0.5, 0.6) is 0 Å². The zero-order valence-electron chi connectivity index (χ0n) is 31.9. The Bertz CT molecular complexity index is 1290. The van der Waals surface area contributed by atoms with E-state index in [1.807, 2.05) is 6.92 Å². The Hall–Kier alpha value is -3.48. The Morgan fingerprint density at radius 1 is 0.769 bits per heavy atom. The van der Waals surface area contributed by atoms with Crippen molar-refractivity contribution in [2.45, 2.75) is 142 Å². The van der Waals surface area contributed by atoms with Crippen molar-refractivity contribution in [2.75, 3.05) is 27.4 Å². The molecule has 0 radical (unpaired) electrons. The first-order valence-corrected chi connectivity index (χ1v) is 18.9. The minimum Gasteiger partial charge on any atom is -0.469 e. The molecule has 8 atom stereocenters. The molecule has 0 amide bonds. The van der Waals surface area contributed by atoms with E-state index in [0.29, 0.717) is 50.7 Å². The maximum absolute atomic E-state index is 12.9. The fourth-order valence-corrected chi connectivity index (χ4v) is 9.16. The van der Waals surface area contributed by atoms with Crippen LogP contribution < -0.4 is 0 Å². The molecule has 0 aromatic carbocycles. The molecule has 52 heavy (non-hydrogen) atoms. The van der Waals surface area contributed by atoms with Gasteiger partial charge in [0.1, 0.15) is 12.2 Å². The van der Waals surface area contributed by atoms with Gasteiger partial charge in [-0.25, -0.2) is 4.79 Å². The second-order valence-electron chi connectivity index (χ2n) is 14.9. The number of aliphatic hydroxyl groups is 1. The van der Waals surface area contributed by atoms with E-state index in [0.717, 1.165) is 51.4 Å². The van der Waals surface area contributed by atoms with Crippen LogP contribution in [0.15, 0.2) is 11.6 Å². The van der Waals surface area contributed by atoms with Crippen LogP contribution in [0.25, 0.3) is 0 Å². The van der Waals surface area contributed by atoms with Crippen molar-refractivity contribution < 1.29 is 62.3 Å². The summed E-state index contributed by atoms with van der Waals surface area (Å²) in [5.74, 6) is -3.42. The summed E-state index contributed by atoms with van der Waals surface area (Å²) in [6, 6.07) is 0. The van der Waals surface area contributed by atoms with E-state index in [1.54, 1.807) is 0 Å². The Labute approximate surface area is 307 Å². The van der Waals surface area contributed by atoms with Crippen LogP contribution >= 0.6 is 0 Å². The lowest BCUT2D eigenvalue weighted by Gasteiger charge is -2.40. The van der Waals surface area contributed by atoms with Crippen molar-refractivity contribution in [3.05, 3.63) is 11.6 Å².